The summed E-state index contributed by atoms with van der Waals surface area (Å²) < 4.78 is 5.34. The Morgan fingerprint density at radius 1 is 1.04 bits per heavy atom. The van der Waals surface area contributed by atoms with E-state index in [9.17, 15) is 5.11 Å². The molecule has 2 aromatic carbocycles. The number of ether oxygens (including phenoxy) is 1. The van der Waals surface area contributed by atoms with Crippen molar-refractivity contribution in [3.05, 3.63) is 65.7 Å². The monoisotopic (exact) mass is 354 g/mol. The zero-order valence-corrected chi connectivity index (χ0v) is 15.7. The van der Waals surface area contributed by atoms with Crippen LogP contribution in [-0.4, -0.2) is 60.8 Å². The van der Waals surface area contributed by atoms with Gasteiger partial charge < -0.3 is 14.7 Å². The highest BCUT2D eigenvalue weighted by molar-refractivity contribution is 5.28. The molecule has 1 N–H and O–H groups in total. The largest absolute Gasteiger partial charge is 0.497 e. The number of piperazine rings is 1. The van der Waals surface area contributed by atoms with E-state index in [0.29, 0.717) is 6.04 Å². The van der Waals surface area contributed by atoms with E-state index in [4.69, 9.17) is 4.74 Å². The summed E-state index contributed by atoms with van der Waals surface area (Å²) in [5, 5.41) is 9.51. The molecule has 1 aliphatic heterocycles. The van der Waals surface area contributed by atoms with Crippen LogP contribution in [0.5, 0.6) is 5.75 Å². The molecule has 1 saturated heterocycles. The molecule has 0 amide bonds. The van der Waals surface area contributed by atoms with Crippen LogP contribution in [-0.2, 0) is 13.0 Å². The summed E-state index contributed by atoms with van der Waals surface area (Å²) in [5.41, 5.74) is 2.66. The van der Waals surface area contributed by atoms with E-state index < -0.39 is 0 Å². The molecule has 0 spiro atoms. The molecule has 1 fully saturated rings. The Morgan fingerprint density at radius 3 is 2.62 bits per heavy atom. The van der Waals surface area contributed by atoms with Crippen LogP contribution in [0.3, 0.4) is 0 Å². The summed E-state index contributed by atoms with van der Waals surface area (Å²) in [5.74, 6) is 0.905. The van der Waals surface area contributed by atoms with Crippen molar-refractivity contribution in [2.45, 2.75) is 25.4 Å². The maximum atomic E-state index is 9.51. The zero-order valence-electron chi connectivity index (χ0n) is 15.7. The molecule has 140 valence electrons. The molecule has 1 aliphatic rings. The van der Waals surface area contributed by atoms with E-state index in [-0.39, 0.29) is 6.61 Å². The highest BCUT2D eigenvalue weighted by atomic mass is 16.5. The average molecular weight is 354 g/mol. The van der Waals surface area contributed by atoms with Crippen LogP contribution in [0, 0.1) is 0 Å². The molecule has 0 aromatic heterocycles. The van der Waals surface area contributed by atoms with Gasteiger partial charge in [-0.25, -0.2) is 0 Å². The first-order valence-corrected chi connectivity index (χ1v) is 9.52. The predicted molar refractivity (Wildman–Crippen MR) is 105 cm³/mol. The highest BCUT2D eigenvalue weighted by Crippen LogP contribution is 2.19. The quantitative estimate of drug-likeness (QED) is 0.791. The van der Waals surface area contributed by atoms with Crippen LogP contribution in [0.1, 0.15) is 17.5 Å². The molecule has 0 radical (unpaired) electrons. The number of aliphatic hydroxyl groups excluding tert-OH is 1. The van der Waals surface area contributed by atoms with Crippen molar-refractivity contribution in [1.82, 2.24) is 9.80 Å². The fraction of sp³-hybridized carbons (Fsp3) is 0.455. The smallest absolute Gasteiger partial charge is 0.119 e. The molecule has 26 heavy (non-hydrogen) atoms. The molecule has 1 atom stereocenters. The third-order valence-corrected chi connectivity index (χ3v) is 5.23. The molecule has 2 aromatic rings. The lowest BCUT2D eigenvalue weighted by Gasteiger charge is -2.41. The first kappa shape index (κ1) is 18.9. The van der Waals surface area contributed by atoms with Crippen molar-refractivity contribution >= 4 is 0 Å². The lowest BCUT2D eigenvalue weighted by Crippen LogP contribution is -2.53. The molecular formula is C22H30N2O2. The van der Waals surface area contributed by atoms with Crippen molar-refractivity contribution in [3.8, 4) is 5.75 Å². The third-order valence-electron chi connectivity index (χ3n) is 5.23. The van der Waals surface area contributed by atoms with Gasteiger partial charge in [-0.15, -0.1) is 0 Å². The highest BCUT2D eigenvalue weighted by Gasteiger charge is 2.26. The topological polar surface area (TPSA) is 35.9 Å². The molecular weight excluding hydrogens is 324 g/mol. The lowest BCUT2D eigenvalue weighted by molar-refractivity contribution is 0.0543. The standard InChI is InChI=1S/C22H30N2O2/c1-26-22-9-5-8-20(16-22)17-24-14-13-23(18-21(24)11-15-25)12-10-19-6-3-2-4-7-19/h2-9,16,21,25H,10-15,17-18H2,1H3. The van der Waals surface area contributed by atoms with Gasteiger partial charge in [0.05, 0.1) is 7.11 Å². The average Bonchev–Trinajstić information content (AvgIpc) is 2.69. The minimum absolute atomic E-state index is 0.242. The number of aliphatic hydroxyl groups is 1. The Morgan fingerprint density at radius 2 is 1.85 bits per heavy atom. The van der Waals surface area contributed by atoms with Crippen molar-refractivity contribution in [2.75, 3.05) is 39.9 Å². The van der Waals surface area contributed by atoms with Gasteiger partial charge in [0.1, 0.15) is 5.75 Å². The number of methoxy groups -OCH3 is 1. The Balaban J connectivity index is 1.57. The van der Waals surface area contributed by atoms with Gasteiger partial charge in [0.15, 0.2) is 0 Å². The number of hydrogen-bond donors (Lipinski definition) is 1. The minimum atomic E-state index is 0.242. The van der Waals surface area contributed by atoms with E-state index in [1.165, 1.54) is 11.1 Å². The minimum Gasteiger partial charge on any atom is -0.497 e. The van der Waals surface area contributed by atoms with E-state index >= 15 is 0 Å². The van der Waals surface area contributed by atoms with E-state index in [1.54, 1.807) is 7.11 Å². The van der Waals surface area contributed by atoms with Gasteiger partial charge >= 0.3 is 0 Å². The zero-order chi connectivity index (χ0) is 18.2. The Bertz CT molecular complexity index is 662. The van der Waals surface area contributed by atoms with Crippen LogP contribution in [0.4, 0.5) is 0 Å². The van der Waals surface area contributed by atoms with Crippen LogP contribution >= 0.6 is 0 Å². The molecule has 1 unspecified atom stereocenters. The van der Waals surface area contributed by atoms with Crippen LogP contribution in [0.2, 0.25) is 0 Å². The Kier molecular flexibility index (Phi) is 7.06. The number of hydrogen-bond acceptors (Lipinski definition) is 4. The summed E-state index contributed by atoms with van der Waals surface area (Å²) >= 11 is 0. The van der Waals surface area contributed by atoms with E-state index in [1.807, 2.05) is 12.1 Å². The second-order valence-electron chi connectivity index (χ2n) is 7.02. The summed E-state index contributed by atoms with van der Waals surface area (Å²) in [6, 6.07) is 19.4. The van der Waals surface area contributed by atoms with E-state index in [2.05, 4.69) is 52.3 Å². The molecule has 1 heterocycles. The summed E-state index contributed by atoms with van der Waals surface area (Å²) in [6.07, 6.45) is 1.91. The molecule has 4 nitrogen and oxygen atoms in total. The molecule has 4 heteroatoms. The van der Waals surface area contributed by atoms with E-state index in [0.717, 1.165) is 51.3 Å². The first-order chi connectivity index (χ1) is 12.8. The van der Waals surface area contributed by atoms with Gasteiger partial charge in [-0.1, -0.05) is 42.5 Å². The summed E-state index contributed by atoms with van der Waals surface area (Å²) in [7, 11) is 1.71. The Labute approximate surface area is 157 Å². The lowest BCUT2D eigenvalue weighted by atomic mass is 10.1. The molecule has 3 rings (SSSR count). The van der Waals surface area contributed by atoms with Gasteiger partial charge in [-0.2, -0.15) is 0 Å². The van der Waals surface area contributed by atoms with Gasteiger partial charge in [0.2, 0.25) is 0 Å². The number of nitrogens with zero attached hydrogens (tertiary/aromatic N) is 2. The fourth-order valence-corrected chi connectivity index (χ4v) is 3.73. The molecule has 0 saturated carbocycles. The molecule has 0 bridgehead atoms. The SMILES string of the molecule is COc1cccc(CN2CCN(CCc3ccccc3)CC2CCO)c1. The van der Waals surface area contributed by atoms with Gasteiger partial charge in [0, 0.05) is 45.4 Å². The maximum absolute atomic E-state index is 9.51. The summed E-state index contributed by atoms with van der Waals surface area (Å²) in [6.45, 7) is 5.38. The van der Waals surface area contributed by atoms with Gasteiger partial charge in [0.25, 0.3) is 0 Å². The second-order valence-corrected chi connectivity index (χ2v) is 7.02. The number of rotatable bonds is 8. The van der Waals surface area contributed by atoms with Crippen molar-refractivity contribution in [3.63, 3.8) is 0 Å². The summed E-state index contributed by atoms with van der Waals surface area (Å²) in [4.78, 5) is 5.04. The second kappa shape index (κ2) is 9.72. The number of benzene rings is 2. The maximum Gasteiger partial charge on any atom is 0.119 e. The molecule has 0 aliphatic carbocycles. The van der Waals surface area contributed by atoms with Crippen LogP contribution in [0.25, 0.3) is 0 Å². The Hall–Kier alpha value is -1.88. The normalized spacial score (nSPS) is 18.8. The third kappa shape index (κ3) is 5.31. The van der Waals surface area contributed by atoms with Gasteiger partial charge in [-0.05, 0) is 36.1 Å². The van der Waals surface area contributed by atoms with Crippen molar-refractivity contribution in [2.24, 2.45) is 0 Å². The van der Waals surface area contributed by atoms with Gasteiger partial charge in [-0.3, -0.25) is 4.90 Å². The van der Waals surface area contributed by atoms with Crippen LogP contribution < -0.4 is 4.74 Å². The van der Waals surface area contributed by atoms with Crippen molar-refractivity contribution < 1.29 is 9.84 Å². The fourth-order valence-electron chi connectivity index (χ4n) is 3.73. The van der Waals surface area contributed by atoms with Crippen molar-refractivity contribution in [1.29, 1.82) is 0 Å². The predicted octanol–water partition coefficient (Wildman–Crippen LogP) is 2.81. The first-order valence-electron chi connectivity index (χ1n) is 9.52. The van der Waals surface area contributed by atoms with Crippen LogP contribution in [0.15, 0.2) is 54.6 Å².